The van der Waals surface area contributed by atoms with Crippen molar-refractivity contribution in [2.75, 3.05) is 13.2 Å². The Morgan fingerprint density at radius 1 is 1.25 bits per heavy atom. The van der Waals surface area contributed by atoms with E-state index in [-0.39, 0.29) is 12.6 Å². The Hall–Kier alpha value is -1.30. The first-order valence-electron chi connectivity index (χ1n) is 7.42. The molecule has 2 rings (SSSR count). The van der Waals surface area contributed by atoms with Gasteiger partial charge in [-0.1, -0.05) is 19.8 Å². The number of carbonyl (C=O) groups excluding carboxylic acids is 1. The third-order valence-corrected chi connectivity index (χ3v) is 4.38. The van der Waals surface area contributed by atoms with Crippen molar-refractivity contribution < 1.29 is 19.4 Å². The molecular weight excluding hydrogens is 260 g/mol. The molecule has 1 saturated carbocycles. The van der Waals surface area contributed by atoms with Crippen molar-refractivity contribution >= 4 is 12.0 Å². The second kappa shape index (κ2) is 6.43. The molecule has 0 radical (unpaired) electrons. The lowest BCUT2D eigenvalue weighted by atomic mass is 9.99. The summed E-state index contributed by atoms with van der Waals surface area (Å²) >= 11 is 0. The second-order valence-electron chi connectivity index (χ2n) is 6.10. The Bertz CT molecular complexity index is 366. The molecule has 3 N–H and O–H groups in total. The summed E-state index contributed by atoms with van der Waals surface area (Å²) in [5.74, 6) is -0.321. The number of aliphatic carboxylic acids is 1. The van der Waals surface area contributed by atoms with Crippen LogP contribution in [0.3, 0.4) is 0 Å². The van der Waals surface area contributed by atoms with Gasteiger partial charge >= 0.3 is 12.0 Å². The number of hydrogen-bond donors (Lipinski definition) is 3. The number of carboxylic acid groups (broad SMARTS) is 1. The highest BCUT2D eigenvalue weighted by molar-refractivity contribution is 5.86. The number of nitrogens with one attached hydrogen (secondary N) is 2. The first kappa shape index (κ1) is 15.1. The topological polar surface area (TPSA) is 87.7 Å². The quantitative estimate of drug-likeness (QED) is 0.685. The summed E-state index contributed by atoms with van der Waals surface area (Å²) < 4.78 is 5.12. The molecule has 114 valence electrons. The fraction of sp³-hybridized carbons (Fsp3) is 0.857. The molecule has 2 amide bonds. The summed E-state index contributed by atoms with van der Waals surface area (Å²) in [6.45, 7) is 2.64. The smallest absolute Gasteiger partial charge is 0.332 e. The average Bonchev–Trinajstić information content (AvgIpc) is 2.76. The molecule has 2 fully saturated rings. The van der Waals surface area contributed by atoms with Crippen LogP contribution < -0.4 is 10.6 Å². The third kappa shape index (κ3) is 3.62. The fourth-order valence-corrected chi connectivity index (χ4v) is 2.96. The summed E-state index contributed by atoms with van der Waals surface area (Å²) in [5.41, 5.74) is -1.26. The van der Waals surface area contributed by atoms with E-state index in [0.29, 0.717) is 18.9 Å². The standard InChI is InChI=1S/C14H24N2O4/c1-10-3-2-4-11(6-5-10)15-13(19)16-14(12(17)18)7-8-20-9-14/h10-11H,2-9H2,1H3,(H,17,18)(H2,15,16,19). The van der Waals surface area contributed by atoms with Crippen LogP contribution in [-0.2, 0) is 9.53 Å². The van der Waals surface area contributed by atoms with Crippen molar-refractivity contribution in [2.24, 2.45) is 5.92 Å². The van der Waals surface area contributed by atoms with E-state index in [1.165, 1.54) is 6.42 Å². The molecule has 2 aliphatic rings. The van der Waals surface area contributed by atoms with Crippen molar-refractivity contribution in [1.82, 2.24) is 10.6 Å². The minimum Gasteiger partial charge on any atom is -0.479 e. The van der Waals surface area contributed by atoms with Gasteiger partial charge in [-0.25, -0.2) is 9.59 Å². The Kier molecular flexibility index (Phi) is 4.86. The fourth-order valence-electron chi connectivity index (χ4n) is 2.96. The van der Waals surface area contributed by atoms with E-state index in [1.54, 1.807) is 0 Å². The van der Waals surface area contributed by atoms with Gasteiger partial charge in [0.2, 0.25) is 0 Å². The van der Waals surface area contributed by atoms with Gasteiger partial charge in [0.15, 0.2) is 5.54 Å². The van der Waals surface area contributed by atoms with E-state index in [1.807, 2.05) is 0 Å². The first-order chi connectivity index (χ1) is 9.52. The molecule has 1 aliphatic heterocycles. The molecule has 0 aromatic rings. The summed E-state index contributed by atoms with van der Waals surface area (Å²) in [6, 6.07) is -0.245. The maximum Gasteiger partial charge on any atom is 0.332 e. The first-order valence-corrected chi connectivity index (χ1v) is 7.42. The van der Waals surface area contributed by atoms with Crippen molar-refractivity contribution in [3.05, 3.63) is 0 Å². The molecule has 0 spiro atoms. The number of hydrogen-bond acceptors (Lipinski definition) is 3. The SMILES string of the molecule is CC1CCCC(NC(=O)NC2(C(=O)O)CCOC2)CC1. The summed E-state index contributed by atoms with van der Waals surface area (Å²) in [4.78, 5) is 23.4. The highest BCUT2D eigenvalue weighted by atomic mass is 16.5. The molecule has 1 saturated heterocycles. The largest absolute Gasteiger partial charge is 0.479 e. The maximum atomic E-state index is 12.0. The van der Waals surface area contributed by atoms with Crippen LogP contribution in [0.15, 0.2) is 0 Å². The van der Waals surface area contributed by atoms with E-state index in [4.69, 9.17) is 4.74 Å². The summed E-state index contributed by atoms with van der Waals surface area (Å²) in [6.07, 6.45) is 5.67. The highest BCUT2D eigenvalue weighted by Gasteiger charge is 2.44. The van der Waals surface area contributed by atoms with Gasteiger partial charge in [-0.15, -0.1) is 0 Å². The third-order valence-electron chi connectivity index (χ3n) is 4.38. The van der Waals surface area contributed by atoms with Crippen LogP contribution >= 0.6 is 0 Å². The minimum absolute atomic E-state index is 0.0391. The predicted molar refractivity (Wildman–Crippen MR) is 73.5 cm³/mol. The summed E-state index contributed by atoms with van der Waals surface area (Å²) in [5, 5.41) is 14.8. The van der Waals surface area contributed by atoms with Crippen molar-refractivity contribution in [1.29, 1.82) is 0 Å². The van der Waals surface area contributed by atoms with Gasteiger partial charge in [-0.05, 0) is 25.2 Å². The van der Waals surface area contributed by atoms with Gasteiger partial charge in [0, 0.05) is 19.1 Å². The van der Waals surface area contributed by atoms with Crippen LogP contribution in [0.1, 0.15) is 45.4 Å². The summed E-state index contributed by atoms with van der Waals surface area (Å²) in [7, 11) is 0. The number of amides is 2. The monoisotopic (exact) mass is 284 g/mol. The van der Waals surface area contributed by atoms with Gasteiger partial charge in [0.25, 0.3) is 0 Å². The van der Waals surface area contributed by atoms with Crippen LogP contribution in [0, 0.1) is 5.92 Å². The molecule has 1 heterocycles. The van der Waals surface area contributed by atoms with Crippen LogP contribution in [0.4, 0.5) is 4.79 Å². The zero-order chi connectivity index (χ0) is 14.6. The number of ether oxygens (including phenoxy) is 1. The Morgan fingerprint density at radius 3 is 2.70 bits per heavy atom. The van der Waals surface area contributed by atoms with Gasteiger partial charge in [-0.3, -0.25) is 0 Å². The highest BCUT2D eigenvalue weighted by Crippen LogP contribution is 2.23. The number of carbonyl (C=O) groups is 2. The van der Waals surface area contributed by atoms with E-state index in [2.05, 4.69) is 17.6 Å². The molecule has 6 nitrogen and oxygen atoms in total. The van der Waals surface area contributed by atoms with Crippen molar-refractivity contribution in [2.45, 2.75) is 57.0 Å². The van der Waals surface area contributed by atoms with E-state index < -0.39 is 17.5 Å². The van der Waals surface area contributed by atoms with E-state index in [0.717, 1.165) is 25.7 Å². The Balaban J connectivity index is 1.86. The molecule has 3 atom stereocenters. The number of urea groups is 1. The van der Waals surface area contributed by atoms with Gasteiger partial charge in [0.1, 0.15) is 0 Å². The van der Waals surface area contributed by atoms with Gasteiger partial charge in [0.05, 0.1) is 6.61 Å². The lowest BCUT2D eigenvalue weighted by Gasteiger charge is -2.25. The van der Waals surface area contributed by atoms with Crippen LogP contribution in [0.2, 0.25) is 0 Å². The number of rotatable bonds is 3. The van der Waals surface area contributed by atoms with Crippen molar-refractivity contribution in [3.8, 4) is 0 Å². The predicted octanol–water partition coefficient (Wildman–Crippen LogP) is 1.50. The van der Waals surface area contributed by atoms with E-state index in [9.17, 15) is 14.7 Å². The molecule has 3 unspecified atom stereocenters. The maximum absolute atomic E-state index is 12.0. The average molecular weight is 284 g/mol. The molecule has 0 bridgehead atoms. The zero-order valence-corrected chi connectivity index (χ0v) is 12.0. The zero-order valence-electron chi connectivity index (χ0n) is 12.0. The Morgan fingerprint density at radius 2 is 2.05 bits per heavy atom. The molecule has 6 heteroatoms. The molecule has 0 aromatic carbocycles. The normalized spacial score (nSPS) is 34.2. The van der Waals surface area contributed by atoms with Gasteiger partial charge in [-0.2, -0.15) is 0 Å². The van der Waals surface area contributed by atoms with Crippen LogP contribution in [0.25, 0.3) is 0 Å². The van der Waals surface area contributed by atoms with E-state index >= 15 is 0 Å². The molecule has 1 aliphatic carbocycles. The molecule has 20 heavy (non-hydrogen) atoms. The lowest BCUT2D eigenvalue weighted by Crippen LogP contribution is -2.58. The van der Waals surface area contributed by atoms with Crippen molar-refractivity contribution in [3.63, 3.8) is 0 Å². The minimum atomic E-state index is -1.26. The lowest BCUT2D eigenvalue weighted by molar-refractivity contribution is -0.144. The second-order valence-corrected chi connectivity index (χ2v) is 6.10. The number of carboxylic acids is 1. The molecule has 0 aromatic heterocycles. The van der Waals surface area contributed by atoms with Crippen LogP contribution in [0.5, 0.6) is 0 Å². The Labute approximate surface area is 119 Å². The van der Waals surface area contributed by atoms with Gasteiger partial charge < -0.3 is 20.5 Å². The van der Waals surface area contributed by atoms with Crippen LogP contribution in [-0.4, -0.2) is 41.9 Å². The molecular formula is C14H24N2O4.